The molecule has 0 heterocycles. The van der Waals surface area contributed by atoms with Crippen LogP contribution in [-0.4, -0.2) is 37.2 Å². The van der Waals surface area contributed by atoms with Crippen molar-refractivity contribution in [2.45, 2.75) is 138 Å². The first-order chi connectivity index (χ1) is 16.2. The Morgan fingerprint density at radius 1 is 0.647 bits per heavy atom. The fraction of sp³-hybridized carbons (Fsp3) is 0.821. The minimum Gasteiger partial charge on any atom is -0.466 e. The summed E-state index contributed by atoms with van der Waals surface area (Å²) in [7, 11) is 0. The highest BCUT2D eigenvalue weighted by Crippen LogP contribution is 2.09. The largest absolute Gasteiger partial charge is 0.466 e. The second-order valence-electron chi connectivity index (χ2n) is 8.25. The average Bonchev–Trinajstić information content (AvgIpc) is 2.78. The maximum atomic E-state index is 10.6. The second kappa shape index (κ2) is 31.1. The van der Waals surface area contributed by atoms with Gasteiger partial charge in [-0.25, -0.2) is 0 Å². The van der Waals surface area contributed by atoms with Crippen LogP contribution in [0.15, 0.2) is 12.2 Å². The van der Waals surface area contributed by atoms with Gasteiger partial charge in [0.05, 0.1) is 13.2 Å². The quantitative estimate of drug-likeness (QED) is 0.0906. The number of hydrogen-bond donors (Lipinski definition) is 0. The Labute approximate surface area is 210 Å². The Bertz CT molecular complexity index is 487. The van der Waals surface area contributed by atoms with Crippen LogP contribution in [0.5, 0.6) is 0 Å². The summed E-state index contributed by atoms with van der Waals surface area (Å²) < 4.78 is 14.6. The van der Waals surface area contributed by atoms with E-state index in [1.807, 2.05) is 6.08 Å². The molecule has 0 amide bonds. The number of ether oxygens (including phenoxy) is 3. The van der Waals surface area contributed by atoms with Gasteiger partial charge in [0.25, 0.3) is 0 Å². The van der Waals surface area contributed by atoms with Crippen molar-refractivity contribution in [3.63, 3.8) is 0 Å². The van der Waals surface area contributed by atoms with Gasteiger partial charge >= 0.3 is 17.9 Å². The molecule has 202 valence electrons. The highest BCUT2D eigenvalue weighted by molar-refractivity contribution is 5.66. The topological polar surface area (TPSA) is 78.9 Å². The van der Waals surface area contributed by atoms with Crippen LogP contribution in [0.1, 0.15) is 132 Å². The highest BCUT2D eigenvalue weighted by atomic mass is 16.5. The van der Waals surface area contributed by atoms with Crippen molar-refractivity contribution in [3.05, 3.63) is 12.2 Å². The first-order valence-electron chi connectivity index (χ1n) is 13.3. The second-order valence-corrected chi connectivity index (χ2v) is 8.25. The van der Waals surface area contributed by atoms with E-state index in [4.69, 9.17) is 14.2 Å². The molecule has 0 rings (SSSR count). The number of esters is 3. The first-order valence-corrected chi connectivity index (χ1v) is 13.3. The lowest BCUT2D eigenvalue weighted by Gasteiger charge is -2.14. The minimum absolute atomic E-state index is 0.147. The van der Waals surface area contributed by atoms with Crippen LogP contribution in [0, 0.1) is 0 Å². The van der Waals surface area contributed by atoms with E-state index in [1.54, 1.807) is 0 Å². The van der Waals surface area contributed by atoms with E-state index in [0.29, 0.717) is 13.2 Å². The summed E-state index contributed by atoms with van der Waals surface area (Å²) in [5.74, 6) is -0.521. The van der Waals surface area contributed by atoms with Crippen molar-refractivity contribution < 1.29 is 28.6 Å². The van der Waals surface area contributed by atoms with Crippen LogP contribution in [0.2, 0.25) is 0 Å². The Hall–Kier alpha value is -1.85. The van der Waals surface area contributed by atoms with Gasteiger partial charge in [-0.15, -0.1) is 0 Å². The Kier molecular flexibility index (Phi) is 33.6. The monoisotopic (exact) mass is 486 g/mol. The maximum absolute atomic E-state index is 10.6. The fourth-order valence-electron chi connectivity index (χ4n) is 2.86. The summed E-state index contributed by atoms with van der Waals surface area (Å²) in [5, 5.41) is 0. The van der Waals surface area contributed by atoms with E-state index in [-0.39, 0.29) is 24.0 Å². The molecule has 0 saturated carbocycles. The van der Waals surface area contributed by atoms with E-state index < -0.39 is 0 Å². The number of carbonyl (C=O) groups is 3. The molecule has 0 spiro atoms. The average molecular weight is 487 g/mol. The van der Waals surface area contributed by atoms with Crippen molar-refractivity contribution in [1.29, 1.82) is 0 Å². The summed E-state index contributed by atoms with van der Waals surface area (Å²) in [6, 6.07) is 0. The zero-order valence-corrected chi connectivity index (χ0v) is 23.3. The van der Waals surface area contributed by atoms with Gasteiger partial charge in [-0.2, -0.15) is 0 Å². The van der Waals surface area contributed by atoms with Gasteiger partial charge in [-0.05, 0) is 38.5 Å². The zero-order chi connectivity index (χ0) is 26.5. The van der Waals surface area contributed by atoms with Crippen LogP contribution < -0.4 is 0 Å². The van der Waals surface area contributed by atoms with Crippen LogP contribution in [-0.2, 0) is 28.6 Å². The van der Waals surface area contributed by atoms with E-state index >= 15 is 0 Å². The third-order valence-corrected chi connectivity index (χ3v) is 4.71. The lowest BCUT2D eigenvalue weighted by Crippen LogP contribution is -2.14. The van der Waals surface area contributed by atoms with E-state index in [1.165, 1.54) is 72.1 Å². The molecule has 0 aliphatic rings. The molecule has 34 heavy (non-hydrogen) atoms. The molecule has 6 heteroatoms. The standard InChI is InChI=1S/2C10H20O2.C8H14O2/c1-4-6-7-8-10(5-2)12-9(3)11;1-3-4-5-6-7-8-9-12-10(2)11;1-3-4-5-6-7-10-8(2)9/h10H,4-8H2,1-3H3;3-9H2,1-2H3;4-5H,3,6-7H2,1-2H3. The molecule has 0 aromatic heterocycles. The Balaban J connectivity index is -0.000000426. The molecular formula is C28H54O6. The van der Waals surface area contributed by atoms with E-state index in [9.17, 15) is 14.4 Å². The number of allylic oxidation sites excluding steroid dienone is 1. The van der Waals surface area contributed by atoms with Crippen molar-refractivity contribution in [3.8, 4) is 0 Å². The molecule has 0 aliphatic carbocycles. The molecule has 1 unspecified atom stereocenters. The fourth-order valence-corrected chi connectivity index (χ4v) is 2.86. The van der Waals surface area contributed by atoms with Gasteiger partial charge in [0.1, 0.15) is 6.10 Å². The zero-order valence-electron chi connectivity index (χ0n) is 23.3. The summed E-state index contributed by atoms with van der Waals surface area (Å²) in [4.78, 5) is 31.2. The van der Waals surface area contributed by atoms with Crippen LogP contribution in [0.25, 0.3) is 0 Å². The smallest absolute Gasteiger partial charge is 0.302 e. The maximum Gasteiger partial charge on any atom is 0.302 e. The predicted octanol–water partition coefficient (Wildman–Crippen LogP) is 7.72. The third-order valence-electron chi connectivity index (χ3n) is 4.71. The normalized spacial score (nSPS) is 10.9. The lowest BCUT2D eigenvalue weighted by atomic mass is 10.1. The van der Waals surface area contributed by atoms with Crippen molar-refractivity contribution >= 4 is 17.9 Å². The van der Waals surface area contributed by atoms with Crippen LogP contribution in [0.4, 0.5) is 0 Å². The number of unbranched alkanes of at least 4 members (excludes halogenated alkanes) is 7. The predicted molar refractivity (Wildman–Crippen MR) is 141 cm³/mol. The van der Waals surface area contributed by atoms with Gasteiger partial charge in [0.2, 0.25) is 0 Å². The van der Waals surface area contributed by atoms with E-state index in [2.05, 4.69) is 33.8 Å². The molecule has 0 aromatic rings. The van der Waals surface area contributed by atoms with Gasteiger partial charge in [-0.1, -0.05) is 84.8 Å². The number of carbonyl (C=O) groups excluding carboxylic acids is 3. The molecule has 6 nitrogen and oxygen atoms in total. The summed E-state index contributed by atoms with van der Waals surface area (Å²) in [6.45, 7) is 14.0. The lowest BCUT2D eigenvalue weighted by molar-refractivity contribution is -0.147. The third kappa shape index (κ3) is 40.5. The summed E-state index contributed by atoms with van der Waals surface area (Å²) in [5.41, 5.74) is 0. The van der Waals surface area contributed by atoms with Gasteiger partial charge in [0.15, 0.2) is 0 Å². The molecule has 0 aromatic carbocycles. The summed E-state index contributed by atoms with van der Waals surface area (Å²) >= 11 is 0. The van der Waals surface area contributed by atoms with Crippen LogP contribution in [0.3, 0.4) is 0 Å². The molecule has 0 fully saturated rings. The SMILES string of the molecule is CCC=CCCOC(C)=O.CCCCCC(CC)OC(C)=O.CCCCCCCCOC(C)=O. The molecule has 0 aliphatic heterocycles. The van der Waals surface area contributed by atoms with E-state index in [0.717, 1.165) is 32.1 Å². The number of hydrogen-bond acceptors (Lipinski definition) is 6. The Morgan fingerprint density at radius 3 is 1.68 bits per heavy atom. The highest BCUT2D eigenvalue weighted by Gasteiger charge is 2.07. The van der Waals surface area contributed by atoms with Crippen molar-refractivity contribution in [1.82, 2.24) is 0 Å². The Morgan fingerprint density at radius 2 is 1.18 bits per heavy atom. The first kappa shape index (κ1) is 36.7. The number of rotatable bonds is 17. The van der Waals surface area contributed by atoms with Crippen molar-refractivity contribution in [2.75, 3.05) is 13.2 Å². The van der Waals surface area contributed by atoms with Gasteiger partial charge < -0.3 is 14.2 Å². The van der Waals surface area contributed by atoms with Crippen LogP contribution >= 0.6 is 0 Å². The summed E-state index contributed by atoms with van der Waals surface area (Å²) in [6.07, 6.45) is 19.1. The molecule has 0 N–H and O–H groups in total. The molecule has 0 bridgehead atoms. The molecule has 1 atom stereocenters. The molecular weight excluding hydrogens is 432 g/mol. The molecule has 0 saturated heterocycles. The van der Waals surface area contributed by atoms with Gasteiger partial charge in [0, 0.05) is 20.8 Å². The van der Waals surface area contributed by atoms with Gasteiger partial charge in [-0.3, -0.25) is 14.4 Å². The molecule has 0 radical (unpaired) electrons. The minimum atomic E-state index is -0.204. The van der Waals surface area contributed by atoms with Crippen molar-refractivity contribution in [2.24, 2.45) is 0 Å².